The van der Waals surface area contributed by atoms with Crippen LogP contribution in [0.1, 0.15) is 67.6 Å². The second-order valence-corrected chi connectivity index (χ2v) is 10.2. The number of hydrogen-bond donors (Lipinski definition) is 1. The third kappa shape index (κ3) is 4.66. The van der Waals surface area contributed by atoms with Gasteiger partial charge in [-0.15, -0.1) is 0 Å². The van der Waals surface area contributed by atoms with Gasteiger partial charge in [0.1, 0.15) is 17.1 Å². The van der Waals surface area contributed by atoms with E-state index in [1.165, 1.54) is 24.1 Å². The number of benzene rings is 2. The maximum atomic E-state index is 13.9. The fraction of sp³-hybridized carbons (Fsp3) is 0.414. The van der Waals surface area contributed by atoms with Crippen LogP contribution in [0.25, 0.3) is 11.3 Å². The van der Waals surface area contributed by atoms with Crippen LogP contribution in [0.4, 0.5) is 4.39 Å². The molecule has 2 amide bonds. The van der Waals surface area contributed by atoms with Gasteiger partial charge < -0.3 is 10.2 Å². The van der Waals surface area contributed by atoms with Crippen molar-refractivity contribution in [2.45, 2.75) is 77.0 Å². The maximum Gasteiger partial charge on any atom is 0.273 e. The van der Waals surface area contributed by atoms with Crippen LogP contribution < -0.4 is 5.32 Å². The number of hydrogen-bond acceptors (Lipinski definition) is 3. The van der Waals surface area contributed by atoms with Crippen LogP contribution in [0, 0.1) is 5.82 Å². The van der Waals surface area contributed by atoms with E-state index in [9.17, 15) is 14.0 Å². The van der Waals surface area contributed by atoms with Crippen molar-refractivity contribution in [3.05, 3.63) is 77.2 Å². The molecule has 2 aromatic carbocycles. The normalized spacial score (nSPS) is 20.3. The Morgan fingerprint density at radius 1 is 1.06 bits per heavy atom. The Bertz CT molecular complexity index is 1250. The van der Waals surface area contributed by atoms with Gasteiger partial charge >= 0.3 is 0 Å². The summed E-state index contributed by atoms with van der Waals surface area (Å²) in [4.78, 5) is 29.2. The third-order valence-corrected chi connectivity index (χ3v) is 7.64. The molecule has 1 aliphatic carbocycles. The molecule has 0 unspecified atom stereocenters. The lowest BCUT2D eigenvalue weighted by Crippen LogP contribution is -2.64. The van der Waals surface area contributed by atoms with Crippen molar-refractivity contribution in [3.63, 3.8) is 0 Å². The zero-order chi connectivity index (χ0) is 25.3. The van der Waals surface area contributed by atoms with Crippen LogP contribution >= 0.6 is 0 Å². The van der Waals surface area contributed by atoms with Crippen molar-refractivity contribution in [1.82, 2.24) is 20.0 Å². The fourth-order valence-electron chi connectivity index (χ4n) is 5.30. The smallest absolute Gasteiger partial charge is 0.273 e. The SMILES string of the molecule is CCc1ccc(-c2cc3n(n2)C[C@](C)(C(=O)NC2CCCCC2)N(Cc2ccc(F)cc2)C3=O)cc1. The van der Waals surface area contributed by atoms with E-state index in [0.717, 1.165) is 43.2 Å². The molecule has 7 heteroatoms. The minimum Gasteiger partial charge on any atom is -0.351 e. The molecule has 1 saturated carbocycles. The molecule has 0 spiro atoms. The molecule has 1 aromatic heterocycles. The summed E-state index contributed by atoms with van der Waals surface area (Å²) >= 11 is 0. The lowest BCUT2D eigenvalue weighted by Gasteiger charge is -2.44. The van der Waals surface area contributed by atoms with Gasteiger partial charge in [0.15, 0.2) is 0 Å². The summed E-state index contributed by atoms with van der Waals surface area (Å²) in [7, 11) is 0. The lowest BCUT2D eigenvalue weighted by atomic mass is 9.91. The summed E-state index contributed by atoms with van der Waals surface area (Å²) in [5, 5.41) is 7.97. The Morgan fingerprint density at radius 3 is 2.39 bits per heavy atom. The molecule has 6 nitrogen and oxygen atoms in total. The van der Waals surface area contributed by atoms with Gasteiger partial charge in [0.25, 0.3) is 5.91 Å². The van der Waals surface area contributed by atoms with Crippen molar-refractivity contribution in [3.8, 4) is 11.3 Å². The number of nitrogens with zero attached hydrogens (tertiary/aromatic N) is 3. The van der Waals surface area contributed by atoms with Crippen molar-refractivity contribution < 1.29 is 14.0 Å². The van der Waals surface area contributed by atoms with E-state index >= 15 is 0 Å². The molecule has 36 heavy (non-hydrogen) atoms. The molecule has 1 N–H and O–H groups in total. The average molecular weight is 489 g/mol. The Labute approximate surface area is 211 Å². The first-order valence-electron chi connectivity index (χ1n) is 12.9. The quantitative estimate of drug-likeness (QED) is 0.524. The van der Waals surface area contributed by atoms with Gasteiger partial charge in [0, 0.05) is 18.2 Å². The molecule has 1 aliphatic heterocycles. The van der Waals surface area contributed by atoms with E-state index < -0.39 is 5.54 Å². The van der Waals surface area contributed by atoms with E-state index in [1.807, 2.05) is 19.1 Å². The molecular formula is C29H33FN4O2. The second-order valence-electron chi connectivity index (χ2n) is 10.2. The first-order chi connectivity index (χ1) is 17.4. The number of halogens is 1. The number of nitrogens with one attached hydrogen (secondary N) is 1. The van der Waals surface area contributed by atoms with E-state index in [-0.39, 0.29) is 36.8 Å². The van der Waals surface area contributed by atoms with Crippen molar-refractivity contribution in [1.29, 1.82) is 0 Å². The van der Waals surface area contributed by atoms with Crippen LogP contribution in [-0.4, -0.2) is 38.1 Å². The molecule has 0 radical (unpaired) electrons. The molecule has 188 valence electrons. The Hall–Kier alpha value is -3.48. The van der Waals surface area contributed by atoms with Crippen molar-refractivity contribution >= 4 is 11.8 Å². The molecule has 1 atom stereocenters. The van der Waals surface area contributed by atoms with Gasteiger partial charge in [-0.25, -0.2) is 4.39 Å². The van der Waals surface area contributed by atoms with Gasteiger partial charge in [-0.3, -0.25) is 14.3 Å². The Kier molecular flexibility index (Phi) is 6.65. The number of fused-ring (bicyclic) bond motifs is 1. The van der Waals surface area contributed by atoms with Crippen LogP contribution in [0.2, 0.25) is 0 Å². The number of carbonyl (C=O) groups is 2. The van der Waals surface area contributed by atoms with Gasteiger partial charge in [0.05, 0.1) is 12.2 Å². The van der Waals surface area contributed by atoms with Crippen molar-refractivity contribution in [2.24, 2.45) is 0 Å². The van der Waals surface area contributed by atoms with Crippen molar-refractivity contribution in [2.75, 3.05) is 0 Å². The summed E-state index contributed by atoms with van der Waals surface area (Å²) in [6.07, 6.45) is 6.26. The van der Waals surface area contributed by atoms with E-state index in [4.69, 9.17) is 5.10 Å². The molecule has 0 bridgehead atoms. The molecule has 2 aliphatic rings. The number of amides is 2. The zero-order valence-electron chi connectivity index (χ0n) is 21.0. The second kappa shape index (κ2) is 9.88. The highest BCUT2D eigenvalue weighted by molar-refractivity contribution is 6.00. The molecule has 5 rings (SSSR count). The molecule has 2 heterocycles. The summed E-state index contributed by atoms with van der Waals surface area (Å²) in [5.74, 6) is -0.756. The Morgan fingerprint density at radius 2 is 1.72 bits per heavy atom. The maximum absolute atomic E-state index is 13.9. The molecule has 0 saturated heterocycles. The highest BCUT2D eigenvalue weighted by Gasteiger charge is 2.48. The van der Waals surface area contributed by atoms with E-state index in [2.05, 4.69) is 24.4 Å². The predicted molar refractivity (Wildman–Crippen MR) is 137 cm³/mol. The number of carbonyl (C=O) groups excluding carboxylic acids is 2. The number of aromatic nitrogens is 2. The minimum absolute atomic E-state index is 0.123. The van der Waals surface area contributed by atoms with Gasteiger partial charge in [-0.2, -0.15) is 5.10 Å². The highest BCUT2D eigenvalue weighted by Crippen LogP contribution is 2.32. The number of rotatable bonds is 6. The highest BCUT2D eigenvalue weighted by atomic mass is 19.1. The monoisotopic (exact) mass is 488 g/mol. The van der Waals surface area contributed by atoms with Crippen LogP contribution in [-0.2, 0) is 24.3 Å². The molecular weight excluding hydrogens is 455 g/mol. The fourth-order valence-corrected chi connectivity index (χ4v) is 5.30. The zero-order valence-corrected chi connectivity index (χ0v) is 21.0. The van der Waals surface area contributed by atoms with Gasteiger partial charge in [-0.05, 0) is 55.5 Å². The number of aryl methyl sites for hydroxylation is 1. The van der Waals surface area contributed by atoms with Crippen LogP contribution in [0.3, 0.4) is 0 Å². The predicted octanol–water partition coefficient (Wildman–Crippen LogP) is 5.12. The first kappa shape index (κ1) is 24.2. The van der Waals surface area contributed by atoms with Crippen LogP contribution in [0.5, 0.6) is 0 Å². The van der Waals surface area contributed by atoms with Gasteiger partial charge in [-0.1, -0.05) is 62.6 Å². The van der Waals surface area contributed by atoms with E-state index in [0.29, 0.717) is 11.4 Å². The summed E-state index contributed by atoms with van der Waals surface area (Å²) in [5.41, 5.74) is 2.96. The first-order valence-corrected chi connectivity index (χ1v) is 12.9. The summed E-state index contributed by atoms with van der Waals surface area (Å²) < 4.78 is 15.2. The Balaban J connectivity index is 1.49. The largest absolute Gasteiger partial charge is 0.351 e. The van der Waals surface area contributed by atoms with Crippen LogP contribution in [0.15, 0.2) is 54.6 Å². The minimum atomic E-state index is -1.13. The van der Waals surface area contributed by atoms with Gasteiger partial charge in [0.2, 0.25) is 5.91 Å². The standard InChI is InChI=1S/C29H33FN4O2/c1-3-20-9-13-22(14-10-20)25-17-26-27(35)33(18-21-11-15-23(30)16-12-21)29(2,19-34(26)32-25)28(36)31-24-7-5-4-6-8-24/h9-17,24H,3-8,18-19H2,1-2H3,(H,31,36)/t29-/m1/s1. The summed E-state index contributed by atoms with van der Waals surface area (Å²) in [6.45, 7) is 4.38. The topological polar surface area (TPSA) is 67.2 Å². The third-order valence-electron chi connectivity index (χ3n) is 7.64. The summed E-state index contributed by atoms with van der Waals surface area (Å²) in [6, 6.07) is 16.2. The molecule has 1 fully saturated rings. The van der Waals surface area contributed by atoms with E-state index in [1.54, 1.807) is 27.8 Å². The average Bonchev–Trinajstić information content (AvgIpc) is 3.32. The molecule has 3 aromatic rings. The lowest BCUT2D eigenvalue weighted by molar-refractivity contribution is -0.134.